The smallest absolute Gasteiger partial charge is 0.224 e. The van der Waals surface area contributed by atoms with Crippen LogP contribution < -0.4 is 5.32 Å². The highest BCUT2D eigenvalue weighted by Gasteiger charge is 2.16. The Kier molecular flexibility index (Phi) is 5.81. The maximum atomic E-state index is 13.7. The van der Waals surface area contributed by atoms with E-state index in [1.54, 1.807) is 7.11 Å². The molecule has 0 unspecified atom stereocenters. The first-order valence-electron chi connectivity index (χ1n) is 8.50. The number of benzene rings is 2. The van der Waals surface area contributed by atoms with Crippen molar-refractivity contribution in [3.8, 4) is 0 Å². The summed E-state index contributed by atoms with van der Waals surface area (Å²) < 4.78 is 47.1. The Bertz CT molecular complexity index is 969. The van der Waals surface area contributed by atoms with Gasteiger partial charge in [-0.2, -0.15) is 0 Å². The maximum absolute atomic E-state index is 13.7. The molecule has 0 fully saturated rings. The van der Waals surface area contributed by atoms with Crippen LogP contribution in [0.3, 0.4) is 0 Å². The van der Waals surface area contributed by atoms with Gasteiger partial charge in [0, 0.05) is 37.2 Å². The average molecular weight is 376 g/mol. The summed E-state index contributed by atoms with van der Waals surface area (Å²) in [6.07, 6.45) is 2.48. The normalized spacial score (nSPS) is 11.1. The predicted molar refractivity (Wildman–Crippen MR) is 97.1 cm³/mol. The average Bonchev–Trinajstić information content (AvgIpc) is 3.03. The molecule has 3 rings (SSSR count). The molecule has 1 amide bonds. The largest absolute Gasteiger partial charge is 0.383 e. The molecule has 27 heavy (non-hydrogen) atoms. The number of carbonyl (C=O) groups excluding carboxylic acids is 1. The highest BCUT2D eigenvalue weighted by molar-refractivity contribution is 5.91. The molecule has 0 atom stereocenters. The van der Waals surface area contributed by atoms with Crippen molar-refractivity contribution in [1.82, 2.24) is 4.57 Å². The van der Waals surface area contributed by atoms with Gasteiger partial charge < -0.3 is 14.6 Å². The molecule has 0 saturated carbocycles. The van der Waals surface area contributed by atoms with Crippen LogP contribution in [0.25, 0.3) is 10.9 Å². The van der Waals surface area contributed by atoms with Crippen LogP contribution in [0, 0.1) is 17.5 Å². The topological polar surface area (TPSA) is 43.3 Å². The first kappa shape index (κ1) is 19.0. The van der Waals surface area contributed by atoms with Gasteiger partial charge >= 0.3 is 0 Å². The number of aryl methyl sites for hydroxylation is 1. The number of ether oxygens (including phenoxy) is 1. The number of nitrogens with one attached hydrogen (secondary N) is 1. The standard InChI is InChI=1S/C20H19F3N2O2/c1-27-11-10-25-12-13(14-4-2-3-5-17(14)25)6-9-18(26)24-16-8-7-15(21)19(22)20(16)23/h2-5,7-8,12H,6,9-11H2,1H3,(H,24,26). The molecule has 0 radical (unpaired) electrons. The number of rotatable bonds is 7. The second-order valence-electron chi connectivity index (χ2n) is 6.13. The molecule has 142 valence electrons. The van der Waals surface area contributed by atoms with E-state index in [4.69, 9.17) is 4.74 Å². The summed E-state index contributed by atoms with van der Waals surface area (Å²) in [4.78, 5) is 12.1. The number of methoxy groups -OCH3 is 1. The Balaban J connectivity index is 1.71. The zero-order valence-electron chi connectivity index (χ0n) is 14.8. The van der Waals surface area contributed by atoms with E-state index in [-0.39, 0.29) is 12.1 Å². The van der Waals surface area contributed by atoms with E-state index in [1.807, 2.05) is 30.5 Å². The van der Waals surface area contributed by atoms with Gasteiger partial charge in [-0.25, -0.2) is 13.2 Å². The molecular formula is C20H19F3N2O2. The van der Waals surface area contributed by atoms with Gasteiger partial charge in [0.05, 0.1) is 12.3 Å². The summed E-state index contributed by atoms with van der Waals surface area (Å²) in [5.74, 6) is -4.78. The molecule has 0 bridgehead atoms. The molecule has 7 heteroatoms. The third kappa shape index (κ3) is 4.14. The third-order valence-electron chi connectivity index (χ3n) is 4.34. The lowest BCUT2D eigenvalue weighted by atomic mass is 10.1. The van der Waals surface area contributed by atoms with Gasteiger partial charge in [-0.15, -0.1) is 0 Å². The molecule has 0 aliphatic heterocycles. The monoisotopic (exact) mass is 376 g/mol. The van der Waals surface area contributed by atoms with Gasteiger partial charge in [-0.3, -0.25) is 4.79 Å². The van der Waals surface area contributed by atoms with E-state index in [0.717, 1.165) is 28.6 Å². The Morgan fingerprint density at radius 2 is 1.89 bits per heavy atom. The van der Waals surface area contributed by atoms with E-state index < -0.39 is 23.4 Å². The van der Waals surface area contributed by atoms with Gasteiger partial charge in [0.1, 0.15) is 0 Å². The van der Waals surface area contributed by atoms with Crippen LogP contribution in [0.1, 0.15) is 12.0 Å². The van der Waals surface area contributed by atoms with Crippen LogP contribution in [0.15, 0.2) is 42.6 Å². The molecule has 3 aromatic rings. The van der Waals surface area contributed by atoms with Gasteiger partial charge in [-0.05, 0) is 30.2 Å². The molecule has 2 aromatic carbocycles. The van der Waals surface area contributed by atoms with E-state index in [0.29, 0.717) is 19.6 Å². The number of nitrogens with zero attached hydrogens (tertiary/aromatic N) is 1. The van der Waals surface area contributed by atoms with E-state index >= 15 is 0 Å². The van der Waals surface area contributed by atoms with Crippen molar-refractivity contribution in [1.29, 1.82) is 0 Å². The van der Waals surface area contributed by atoms with E-state index in [2.05, 4.69) is 9.88 Å². The van der Waals surface area contributed by atoms with Crippen molar-refractivity contribution in [3.05, 3.63) is 65.6 Å². The molecule has 4 nitrogen and oxygen atoms in total. The van der Waals surface area contributed by atoms with Crippen LogP contribution >= 0.6 is 0 Å². The summed E-state index contributed by atoms with van der Waals surface area (Å²) in [7, 11) is 1.63. The minimum Gasteiger partial charge on any atom is -0.383 e. The lowest BCUT2D eigenvalue weighted by Crippen LogP contribution is -2.14. The Hall–Kier alpha value is -2.80. The van der Waals surface area contributed by atoms with Crippen LogP contribution in [0.2, 0.25) is 0 Å². The molecule has 1 N–H and O–H groups in total. The number of para-hydroxylation sites is 1. The lowest BCUT2D eigenvalue weighted by molar-refractivity contribution is -0.116. The lowest BCUT2D eigenvalue weighted by Gasteiger charge is -2.07. The molecule has 1 heterocycles. The van der Waals surface area contributed by atoms with Gasteiger partial charge in [0.15, 0.2) is 17.5 Å². The molecule has 0 aliphatic carbocycles. The molecule has 0 saturated heterocycles. The minimum absolute atomic E-state index is 0.0801. The molecule has 0 aliphatic rings. The summed E-state index contributed by atoms with van der Waals surface area (Å²) in [5, 5.41) is 3.32. The van der Waals surface area contributed by atoms with Crippen LogP contribution in [0.5, 0.6) is 0 Å². The number of aromatic nitrogens is 1. The Morgan fingerprint density at radius 3 is 2.67 bits per heavy atom. The summed E-state index contributed by atoms with van der Waals surface area (Å²) in [5.41, 5.74) is 1.64. The zero-order valence-corrected chi connectivity index (χ0v) is 14.8. The molecule has 1 aromatic heterocycles. The fourth-order valence-corrected chi connectivity index (χ4v) is 2.98. The fourth-order valence-electron chi connectivity index (χ4n) is 2.98. The number of carbonyl (C=O) groups is 1. The second-order valence-corrected chi connectivity index (χ2v) is 6.13. The number of amides is 1. The third-order valence-corrected chi connectivity index (χ3v) is 4.34. The Labute approximate surface area is 154 Å². The van der Waals surface area contributed by atoms with E-state index in [1.165, 1.54) is 0 Å². The summed E-state index contributed by atoms with van der Waals surface area (Å²) in [6.45, 7) is 1.25. The second kappa shape index (κ2) is 8.26. The van der Waals surface area contributed by atoms with Crippen LogP contribution in [-0.4, -0.2) is 24.2 Å². The fraction of sp³-hybridized carbons (Fsp3) is 0.250. The first-order valence-corrected chi connectivity index (χ1v) is 8.50. The zero-order chi connectivity index (χ0) is 19.4. The van der Waals surface area contributed by atoms with Crippen molar-refractivity contribution in [2.75, 3.05) is 19.0 Å². The van der Waals surface area contributed by atoms with Crippen molar-refractivity contribution < 1.29 is 22.7 Å². The molecular weight excluding hydrogens is 357 g/mol. The van der Waals surface area contributed by atoms with Gasteiger partial charge in [-0.1, -0.05) is 18.2 Å². The van der Waals surface area contributed by atoms with Gasteiger partial charge in [0.25, 0.3) is 0 Å². The van der Waals surface area contributed by atoms with Crippen molar-refractivity contribution in [2.24, 2.45) is 0 Å². The highest BCUT2D eigenvalue weighted by atomic mass is 19.2. The molecule has 0 spiro atoms. The SMILES string of the molecule is COCCn1cc(CCC(=O)Nc2ccc(F)c(F)c2F)c2ccccc21. The number of fused-ring (bicyclic) bond motifs is 1. The highest BCUT2D eigenvalue weighted by Crippen LogP contribution is 2.23. The minimum atomic E-state index is -1.60. The number of hydrogen-bond donors (Lipinski definition) is 1. The summed E-state index contributed by atoms with van der Waals surface area (Å²) >= 11 is 0. The predicted octanol–water partition coefficient (Wildman–Crippen LogP) is 4.28. The van der Waals surface area contributed by atoms with Crippen molar-refractivity contribution >= 4 is 22.5 Å². The van der Waals surface area contributed by atoms with E-state index in [9.17, 15) is 18.0 Å². The van der Waals surface area contributed by atoms with Crippen LogP contribution in [-0.2, 0) is 22.5 Å². The number of anilines is 1. The van der Waals surface area contributed by atoms with Crippen LogP contribution in [0.4, 0.5) is 18.9 Å². The van der Waals surface area contributed by atoms with Crippen molar-refractivity contribution in [3.63, 3.8) is 0 Å². The maximum Gasteiger partial charge on any atom is 0.224 e. The van der Waals surface area contributed by atoms with Crippen molar-refractivity contribution in [2.45, 2.75) is 19.4 Å². The number of halogens is 3. The van der Waals surface area contributed by atoms with Gasteiger partial charge in [0.2, 0.25) is 5.91 Å². The summed E-state index contributed by atoms with van der Waals surface area (Å²) in [6, 6.07) is 9.60. The Morgan fingerprint density at radius 1 is 1.11 bits per heavy atom. The number of hydrogen-bond acceptors (Lipinski definition) is 2. The first-order chi connectivity index (χ1) is 13.0. The quantitative estimate of drug-likeness (QED) is 0.626.